The van der Waals surface area contributed by atoms with E-state index in [0.717, 1.165) is 18.5 Å². The first-order valence-corrected chi connectivity index (χ1v) is 7.04. The third-order valence-electron chi connectivity index (χ3n) is 3.97. The predicted octanol–water partition coefficient (Wildman–Crippen LogP) is 3.61. The molecule has 18 heavy (non-hydrogen) atoms. The third-order valence-corrected chi connectivity index (χ3v) is 4.40. The van der Waals surface area contributed by atoms with Gasteiger partial charge in [0.2, 0.25) is 5.91 Å². The number of amides is 1. The Kier molecular flexibility index (Phi) is 4.28. The molecule has 0 aromatic heterocycles. The van der Waals surface area contributed by atoms with E-state index in [2.05, 4.69) is 13.8 Å². The van der Waals surface area contributed by atoms with Crippen molar-refractivity contribution in [2.75, 3.05) is 6.54 Å². The van der Waals surface area contributed by atoms with Crippen molar-refractivity contribution in [3.63, 3.8) is 0 Å². The second-order valence-electron chi connectivity index (χ2n) is 5.16. The molecule has 1 saturated heterocycles. The van der Waals surface area contributed by atoms with Crippen molar-refractivity contribution in [3.8, 4) is 0 Å². The molecule has 0 aliphatic carbocycles. The Hall–Kier alpha value is -1.02. The second kappa shape index (κ2) is 5.75. The molecule has 2 nitrogen and oxygen atoms in total. The summed E-state index contributed by atoms with van der Waals surface area (Å²) in [6.07, 6.45) is 2.28. The molecule has 1 aromatic carbocycles. The molecule has 98 valence electrons. The number of carbonyl (C=O) groups is 1. The van der Waals surface area contributed by atoms with Gasteiger partial charge in [0.05, 0.1) is 0 Å². The van der Waals surface area contributed by atoms with Crippen LogP contribution in [0.15, 0.2) is 30.3 Å². The molecule has 3 unspecified atom stereocenters. The molecular formula is C15H20ClNO. The predicted molar refractivity (Wildman–Crippen MR) is 74.6 cm³/mol. The SMILES string of the molecule is CC1CCCN(C(=O)C(Cl)c2ccccc2)C1C. The van der Waals surface area contributed by atoms with Crippen LogP contribution in [0, 0.1) is 5.92 Å². The summed E-state index contributed by atoms with van der Waals surface area (Å²) in [6, 6.07) is 9.88. The zero-order valence-electron chi connectivity index (χ0n) is 11.0. The van der Waals surface area contributed by atoms with E-state index in [-0.39, 0.29) is 11.9 Å². The first-order valence-electron chi connectivity index (χ1n) is 6.60. The largest absolute Gasteiger partial charge is 0.338 e. The Morgan fingerprint density at radius 3 is 2.67 bits per heavy atom. The summed E-state index contributed by atoms with van der Waals surface area (Å²) in [5.74, 6) is 0.601. The lowest BCUT2D eigenvalue weighted by atomic mass is 9.91. The van der Waals surface area contributed by atoms with Crippen LogP contribution in [-0.2, 0) is 4.79 Å². The molecule has 0 saturated carbocycles. The second-order valence-corrected chi connectivity index (χ2v) is 5.60. The quantitative estimate of drug-likeness (QED) is 0.748. The molecule has 3 atom stereocenters. The van der Waals surface area contributed by atoms with Crippen molar-refractivity contribution in [1.29, 1.82) is 0 Å². The molecule has 0 bridgehead atoms. The number of nitrogens with zero attached hydrogens (tertiary/aromatic N) is 1. The van der Waals surface area contributed by atoms with Gasteiger partial charge >= 0.3 is 0 Å². The zero-order chi connectivity index (χ0) is 13.1. The number of rotatable bonds is 2. The highest BCUT2D eigenvalue weighted by Gasteiger charge is 2.32. The fourth-order valence-electron chi connectivity index (χ4n) is 2.56. The van der Waals surface area contributed by atoms with E-state index in [4.69, 9.17) is 11.6 Å². The summed E-state index contributed by atoms with van der Waals surface area (Å²) in [4.78, 5) is 14.4. The van der Waals surface area contributed by atoms with Crippen LogP contribution in [-0.4, -0.2) is 23.4 Å². The van der Waals surface area contributed by atoms with E-state index >= 15 is 0 Å². The first kappa shape index (κ1) is 13.4. The van der Waals surface area contributed by atoms with Crippen LogP contribution in [0.2, 0.25) is 0 Å². The van der Waals surface area contributed by atoms with Crippen LogP contribution < -0.4 is 0 Å². The molecule has 0 radical (unpaired) electrons. The number of hydrogen-bond donors (Lipinski definition) is 0. The van der Waals surface area contributed by atoms with Crippen LogP contribution in [0.4, 0.5) is 0 Å². The van der Waals surface area contributed by atoms with Gasteiger partial charge in [-0.15, -0.1) is 11.6 Å². The summed E-state index contributed by atoms with van der Waals surface area (Å²) < 4.78 is 0. The van der Waals surface area contributed by atoms with E-state index in [0.29, 0.717) is 5.92 Å². The molecule has 1 aliphatic rings. The molecular weight excluding hydrogens is 246 g/mol. The lowest BCUT2D eigenvalue weighted by Gasteiger charge is -2.39. The summed E-state index contributed by atoms with van der Waals surface area (Å²) in [5, 5.41) is -0.557. The average Bonchev–Trinajstić information content (AvgIpc) is 2.41. The highest BCUT2D eigenvalue weighted by Crippen LogP contribution is 2.29. The third kappa shape index (κ3) is 2.69. The van der Waals surface area contributed by atoms with Crippen molar-refractivity contribution >= 4 is 17.5 Å². The van der Waals surface area contributed by atoms with Crippen LogP contribution in [0.3, 0.4) is 0 Å². The molecule has 1 aliphatic heterocycles. The number of likely N-dealkylation sites (tertiary alicyclic amines) is 1. The fraction of sp³-hybridized carbons (Fsp3) is 0.533. The lowest BCUT2D eigenvalue weighted by Crippen LogP contribution is -2.47. The fourth-order valence-corrected chi connectivity index (χ4v) is 2.83. The van der Waals surface area contributed by atoms with Crippen molar-refractivity contribution in [1.82, 2.24) is 4.90 Å². The number of carbonyl (C=O) groups excluding carboxylic acids is 1. The van der Waals surface area contributed by atoms with E-state index in [1.165, 1.54) is 6.42 Å². The molecule has 0 spiro atoms. The number of piperidine rings is 1. The summed E-state index contributed by atoms with van der Waals surface area (Å²) in [5.41, 5.74) is 0.884. The topological polar surface area (TPSA) is 20.3 Å². The van der Waals surface area contributed by atoms with Gasteiger partial charge in [0, 0.05) is 12.6 Å². The van der Waals surface area contributed by atoms with Gasteiger partial charge in [0.15, 0.2) is 0 Å². The molecule has 1 aromatic rings. The Morgan fingerprint density at radius 2 is 2.00 bits per heavy atom. The maximum atomic E-state index is 12.4. The Morgan fingerprint density at radius 1 is 1.33 bits per heavy atom. The van der Waals surface area contributed by atoms with Crippen LogP contribution in [0.1, 0.15) is 37.6 Å². The van der Waals surface area contributed by atoms with Crippen molar-refractivity contribution in [2.24, 2.45) is 5.92 Å². The number of alkyl halides is 1. The minimum atomic E-state index is -0.557. The van der Waals surface area contributed by atoms with Gasteiger partial charge in [0.1, 0.15) is 5.38 Å². The van der Waals surface area contributed by atoms with Crippen molar-refractivity contribution in [3.05, 3.63) is 35.9 Å². The molecule has 2 rings (SSSR count). The summed E-state index contributed by atoms with van der Waals surface area (Å²) in [7, 11) is 0. The number of halogens is 1. The van der Waals surface area contributed by atoms with Gasteiger partial charge in [-0.05, 0) is 31.2 Å². The first-order chi connectivity index (χ1) is 8.61. The van der Waals surface area contributed by atoms with E-state index < -0.39 is 5.38 Å². The van der Waals surface area contributed by atoms with E-state index in [9.17, 15) is 4.79 Å². The molecule has 3 heteroatoms. The Balaban J connectivity index is 2.11. The lowest BCUT2D eigenvalue weighted by molar-refractivity contribution is -0.135. The van der Waals surface area contributed by atoms with E-state index in [1.807, 2.05) is 35.2 Å². The van der Waals surface area contributed by atoms with E-state index in [1.54, 1.807) is 0 Å². The Labute approximate surface area is 114 Å². The van der Waals surface area contributed by atoms with Crippen molar-refractivity contribution in [2.45, 2.75) is 38.1 Å². The highest BCUT2D eigenvalue weighted by atomic mass is 35.5. The minimum Gasteiger partial charge on any atom is -0.338 e. The normalized spacial score (nSPS) is 25.8. The molecule has 1 fully saturated rings. The maximum absolute atomic E-state index is 12.4. The summed E-state index contributed by atoms with van der Waals surface area (Å²) in [6.45, 7) is 5.16. The average molecular weight is 266 g/mol. The smallest absolute Gasteiger partial charge is 0.245 e. The van der Waals surface area contributed by atoms with Gasteiger partial charge in [-0.1, -0.05) is 37.3 Å². The number of hydrogen-bond acceptors (Lipinski definition) is 1. The van der Waals surface area contributed by atoms with Gasteiger partial charge in [-0.3, -0.25) is 4.79 Å². The maximum Gasteiger partial charge on any atom is 0.245 e. The zero-order valence-corrected chi connectivity index (χ0v) is 11.7. The molecule has 0 N–H and O–H groups in total. The summed E-state index contributed by atoms with van der Waals surface area (Å²) >= 11 is 6.31. The minimum absolute atomic E-state index is 0.0434. The standard InChI is InChI=1S/C15H20ClNO/c1-11-7-6-10-17(12(11)2)15(18)14(16)13-8-4-3-5-9-13/h3-5,8-9,11-12,14H,6-7,10H2,1-2H3. The van der Waals surface area contributed by atoms with Gasteiger partial charge in [-0.2, -0.15) is 0 Å². The Bertz CT molecular complexity index is 406. The van der Waals surface area contributed by atoms with Crippen LogP contribution in [0.5, 0.6) is 0 Å². The van der Waals surface area contributed by atoms with Gasteiger partial charge < -0.3 is 4.90 Å². The molecule has 1 amide bonds. The van der Waals surface area contributed by atoms with Gasteiger partial charge in [0.25, 0.3) is 0 Å². The molecule has 1 heterocycles. The monoisotopic (exact) mass is 265 g/mol. The van der Waals surface area contributed by atoms with Crippen molar-refractivity contribution < 1.29 is 4.79 Å². The van der Waals surface area contributed by atoms with Crippen LogP contribution in [0.25, 0.3) is 0 Å². The highest BCUT2D eigenvalue weighted by molar-refractivity contribution is 6.30. The van der Waals surface area contributed by atoms with Crippen LogP contribution >= 0.6 is 11.6 Å². The number of benzene rings is 1. The van der Waals surface area contributed by atoms with Gasteiger partial charge in [-0.25, -0.2) is 0 Å².